The summed E-state index contributed by atoms with van der Waals surface area (Å²) in [7, 11) is 0.130. The number of benzene rings is 3. The minimum Gasteiger partial charge on any atom is -0.496 e. The van der Waals surface area contributed by atoms with Crippen molar-refractivity contribution >= 4 is 56.5 Å². The fourth-order valence-corrected chi connectivity index (χ4v) is 8.42. The number of carbonyl (C=O) groups is 3. The third-order valence-electron chi connectivity index (χ3n) is 9.66. The molecule has 2 unspecified atom stereocenters. The fourth-order valence-electron chi connectivity index (χ4n) is 6.40. The average Bonchev–Trinajstić information content (AvgIpc) is 3.72. The molecule has 0 aromatic heterocycles. The number of hydrogen-bond acceptors (Lipinski definition) is 11. The number of methoxy groups -OCH3 is 1. The molecule has 3 N–H and O–H groups in total. The maximum atomic E-state index is 14.1. The summed E-state index contributed by atoms with van der Waals surface area (Å²) in [6.07, 6.45) is 6.77. The number of anilines is 1. The van der Waals surface area contributed by atoms with E-state index in [9.17, 15) is 32.9 Å². The van der Waals surface area contributed by atoms with Crippen LogP contribution in [0.3, 0.4) is 0 Å². The summed E-state index contributed by atoms with van der Waals surface area (Å²) in [5, 5.41) is 18.3. The molecule has 1 saturated heterocycles. The molecule has 3 amide bonds. The molecule has 1 heterocycles. The number of nitro groups is 1. The number of amides is 3. The van der Waals surface area contributed by atoms with Crippen molar-refractivity contribution in [3.8, 4) is 5.75 Å². The predicted molar refractivity (Wildman–Crippen MR) is 215 cm³/mol. The molecule has 0 bridgehead atoms. The van der Waals surface area contributed by atoms with Crippen molar-refractivity contribution in [1.82, 2.24) is 14.9 Å². The van der Waals surface area contributed by atoms with Gasteiger partial charge in [-0.05, 0) is 61.6 Å². The van der Waals surface area contributed by atoms with Crippen LogP contribution in [-0.2, 0) is 29.1 Å². The Labute approximate surface area is 331 Å². The zero-order valence-electron chi connectivity index (χ0n) is 31.6. The summed E-state index contributed by atoms with van der Waals surface area (Å²) in [6, 6.07) is 19.6. The number of sulfonamides is 1. The quantitative estimate of drug-likeness (QED) is 0.0830. The lowest BCUT2D eigenvalue weighted by atomic mass is 9.75. The van der Waals surface area contributed by atoms with E-state index in [2.05, 4.69) is 15.4 Å². The van der Waals surface area contributed by atoms with E-state index in [1.54, 1.807) is 45.5 Å². The van der Waals surface area contributed by atoms with E-state index in [-0.39, 0.29) is 49.3 Å². The maximum absolute atomic E-state index is 14.1. The van der Waals surface area contributed by atoms with Crippen molar-refractivity contribution in [2.75, 3.05) is 45.4 Å². The van der Waals surface area contributed by atoms with Crippen LogP contribution in [0.2, 0.25) is 0 Å². The van der Waals surface area contributed by atoms with E-state index in [4.69, 9.17) is 9.47 Å². The summed E-state index contributed by atoms with van der Waals surface area (Å²) in [5.74, 6) is -0.402. The highest BCUT2D eigenvalue weighted by molar-refractivity contribution is 7.99. The molecule has 16 heteroatoms. The molecule has 298 valence electrons. The fraction of sp³-hybridized carbons (Fsp3) is 0.375. The third kappa shape index (κ3) is 11.0. The molecule has 3 atom stereocenters. The average molecular weight is 806 g/mol. The summed E-state index contributed by atoms with van der Waals surface area (Å²) in [4.78, 5) is 53.2. The van der Waals surface area contributed by atoms with Gasteiger partial charge in [0.05, 0.1) is 28.4 Å². The van der Waals surface area contributed by atoms with Gasteiger partial charge in [-0.25, -0.2) is 13.1 Å². The number of nitro benzene ring substituents is 1. The van der Waals surface area contributed by atoms with Gasteiger partial charge in [-0.2, -0.15) is 0 Å². The van der Waals surface area contributed by atoms with Crippen LogP contribution in [0.1, 0.15) is 44.1 Å². The number of ether oxygens (including phenoxy) is 2. The Morgan fingerprint density at radius 3 is 2.50 bits per heavy atom. The summed E-state index contributed by atoms with van der Waals surface area (Å²) >= 11 is 1.46. The lowest BCUT2D eigenvalue weighted by Gasteiger charge is -2.31. The first kappa shape index (κ1) is 42.0. The highest BCUT2D eigenvalue weighted by atomic mass is 32.2. The van der Waals surface area contributed by atoms with Crippen molar-refractivity contribution in [2.45, 2.75) is 60.5 Å². The number of hydrogen-bond donors (Lipinski definition) is 3. The summed E-state index contributed by atoms with van der Waals surface area (Å²) < 4.78 is 40.8. The van der Waals surface area contributed by atoms with Gasteiger partial charge in [0, 0.05) is 68.4 Å². The van der Waals surface area contributed by atoms with Crippen molar-refractivity contribution in [2.24, 2.45) is 5.41 Å². The largest absolute Gasteiger partial charge is 0.496 e. The van der Waals surface area contributed by atoms with E-state index in [1.165, 1.54) is 28.8 Å². The highest BCUT2D eigenvalue weighted by Crippen LogP contribution is 2.40. The summed E-state index contributed by atoms with van der Waals surface area (Å²) in [6.45, 7) is 0.973. The van der Waals surface area contributed by atoms with E-state index < -0.39 is 42.9 Å². The smallest absolute Gasteiger partial charge is 0.293 e. The van der Waals surface area contributed by atoms with Crippen LogP contribution in [-0.4, -0.2) is 88.2 Å². The first-order valence-corrected chi connectivity index (χ1v) is 20.7. The van der Waals surface area contributed by atoms with Crippen LogP contribution in [0.25, 0.3) is 5.57 Å². The van der Waals surface area contributed by atoms with Gasteiger partial charge in [-0.3, -0.25) is 24.5 Å². The van der Waals surface area contributed by atoms with Crippen LogP contribution in [0.4, 0.5) is 11.4 Å². The van der Waals surface area contributed by atoms with Gasteiger partial charge in [0.1, 0.15) is 11.4 Å². The van der Waals surface area contributed by atoms with Crippen molar-refractivity contribution < 1.29 is 37.2 Å². The molecule has 1 aliphatic carbocycles. The standard InChI is InChI=1S/C40H47N5O9S2/c1-44(2)38(47)24-29(27-55-31-11-5-4-6-12-31)42-34-16-15-32(25-35(34)45(49)50)56(51,52)43-39(48)40(22-19-37(46)41-26-30-10-9-23-54-30)20-17-28(18-21-40)33-13-7-8-14-36(33)53-3/h4-8,11-18,20,25,29-30,42H,9-10,19,21-24,26-27H2,1-3H3,(H,41,46)(H,43,48)/t29-,30?,40?/m1/s1. The zero-order chi connectivity index (χ0) is 40.3. The van der Waals surface area contributed by atoms with Crippen molar-refractivity contribution in [1.29, 1.82) is 0 Å². The van der Waals surface area contributed by atoms with Crippen LogP contribution in [0.5, 0.6) is 5.75 Å². The number of thioether (sulfide) groups is 1. The van der Waals surface area contributed by atoms with E-state index >= 15 is 0 Å². The Morgan fingerprint density at radius 2 is 1.84 bits per heavy atom. The van der Waals surface area contributed by atoms with Crippen molar-refractivity contribution in [3.63, 3.8) is 0 Å². The topological polar surface area (TPSA) is 186 Å². The predicted octanol–water partition coefficient (Wildman–Crippen LogP) is 5.56. The van der Waals surface area contributed by atoms with Gasteiger partial charge >= 0.3 is 0 Å². The molecule has 3 aromatic rings. The van der Waals surface area contributed by atoms with Gasteiger partial charge < -0.3 is 25.0 Å². The SMILES string of the molecule is COc1ccccc1C1=CCC(CCC(=O)NCC2CCCO2)(C(=O)NS(=O)(=O)c2ccc(N[C@@H](CSc3ccccc3)CC(=O)N(C)C)c([N+](=O)[O-])c2)C=C1. The Balaban J connectivity index is 1.36. The Hall–Kier alpha value is -5.19. The molecule has 0 spiro atoms. The normalized spacial score (nSPS) is 18.3. The zero-order valence-corrected chi connectivity index (χ0v) is 33.2. The molecule has 14 nitrogen and oxygen atoms in total. The van der Waals surface area contributed by atoms with Gasteiger partial charge in [0.25, 0.3) is 15.7 Å². The Kier molecular flexibility index (Phi) is 14.3. The van der Waals surface area contributed by atoms with E-state index in [0.29, 0.717) is 24.7 Å². The number of para-hydroxylation sites is 1. The van der Waals surface area contributed by atoms with Crippen LogP contribution in [0, 0.1) is 15.5 Å². The van der Waals surface area contributed by atoms with E-state index in [0.717, 1.165) is 34.9 Å². The lowest BCUT2D eigenvalue weighted by molar-refractivity contribution is -0.384. The highest BCUT2D eigenvalue weighted by Gasteiger charge is 2.40. The molecule has 5 rings (SSSR count). The second-order valence-corrected chi connectivity index (χ2v) is 16.6. The number of carbonyl (C=O) groups excluding carboxylic acids is 3. The molecule has 56 heavy (non-hydrogen) atoms. The molecule has 0 saturated carbocycles. The molecule has 3 aromatic carbocycles. The molecular weight excluding hydrogens is 759 g/mol. The molecule has 2 aliphatic rings. The second-order valence-electron chi connectivity index (χ2n) is 13.8. The number of nitrogens with one attached hydrogen (secondary N) is 3. The number of rotatable bonds is 18. The van der Waals surface area contributed by atoms with Gasteiger partial charge in [0.2, 0.25) is 17.7 Å². The van der Waals surface area contributed by atoms with Gasteiger partial charge in [-0.15, -0.1) is 11.8 Å². The van der Waals surface area contributed by atoms with Gasteiger partial charge in [0.15, 0.2) is 0 Å². The van der Waals surface area contributed by atoms with Crippen LogP contribution in [0.15, 0.2) is 101 Å². The van der Waals surface area contributed by atoms with E-state index in [1.807, 2.05) is 48.5 Å². The minimum atomic E-state index is -4.65. The number of nitrogens with zero attached hydrogens (tertiary/aromatic N) is 2. The monoisotopic (exact) mass is 805 g/mol. The minimum absolute atomic E-state index is 0.0141. The number of allylic oxidation sites excluding steroid dienone is 3. The summed E-state index contributed by atoms with van der Waals surface area (Å²) in [5.41, 5.74) is -0.458. The molecular formula is C40H47N5O9S2. The Bertz CT molecular complexity index is 2070. The first-order valence-electron chi connectivity index (χ1n) is 18.2. The second kappa shape index (κ2) is 19.1. The van der Waals surface area contributed by atoms with Crippen LogP contribution < -0.4 is 20.1 Å². The first-order chi connectivity index (χ1) is 26.8. The third-order valence-corrected chi connectivity index (χ3v) is 12.2. The molecule has 1 aliphatic heterocycles. The molecule has 0 radical (unpaired) electrons. The maximum Gasteiger partial charge on any atom is 0.293 e. The van der Waals surface area contributed by atoms with Crippen LogP contribution >= 0.6 is 11.8 Å². The van der Waals surface area contributed by atoms with Crippen molar-refractivity contribution in [3.05, 3.63) is 107 Å². The van der Waals surface area contributed by atoms with Gasteiger partial charge in [-0.1, -0.05) is 54.6 Å². The molecule has 1 fully saturated rings. The lowest BCUT2D eigenvalue weighted by Crippen LogP contribution is -2.44. The Morgan fingerprint density at radius 1 is 1.09 bits per heavy atom.